The van der Waals surface area contributed by atoms with E-state index in [0.717, 1.165) is 18.5 Å². The van der Waals surface area contributed by atoms with Crippen LogP contribution in [0.15, 0.2) is 36.7 Å². The van der Waals surface area contributed by atoms with E-state index in [2.05, 4.69) is 4.98 Å². The number of carboxylic acid groups (broad SMARTS) is 4. The second-order valence-electron chi connectivity index (χ2n) is 4.94. The number of aromatic carboxylic acids is 4. The average molecular weight is 401 g/mol. The molecule has 1 aromatic carbocycles. The highest BCUT2D eigenvalue weighted by molar-refractivity contribution is 6.01. The van der Waals surface area contributed by atoms with Gasteiger partial charge in [0.15, 0.2) is 0 Å². The van der Waals surface area contributed by atoms with Gasteiger partial charge in [-0.25, -0.2) is 19.2 Å². The van der Waals surface area contributed by atoms with Crippen molar-refractivity contribution in [2.24, 2.45) is 0 Å². The third-order valence-electron chi connectivity index (χ3n) is 3.04. The van der Waals surface area contributed by atoms with Crippen LogP contribution in [0.25, 0.3) is 0 Å². The minimum absolute atomic E-state index is 0.130. The summed E-state index contributed by atoms with van der Waals surface area (Å²) >= 11 is 0. The molecule has 0 saturated heterocycles. The number of hydrogen-bond acceptors (Lipinski definition) is 5. The number of alkyl halides is 3. The number of carbonyl (C=O) groups is 4. The van der Waals surface area contributed by atoms with Crippen molar-refractivity contribution >= 4 is 23.9 Å². The molecule has 4 N–H and O–H groups in total. The Morgan fingerprint density at radius 2 is 1.18 bits per heavy atom. The first-order valence-electron chi connectivity index (χ1n) is 6.94. The molecule has 0 unspecified atom stereocenters. The van der Waals surface area contributed by atoms with Crippen LogP contribution in [0.4, 0.5) is 13.2 Å². The summed E-state index contributed by atoms with van der Waals surface area (Å²) in [6.07, 6.45) is -2.52. The first-order chi connectivity index (χ1) is 12.8. The molecule has 0 aliphatic rings. The molecule has 2 aromatic rings. The molecule has 0 fully saturated rings. The summed E-state index contributed by atoms with van der Waals surface area (Å²) in [5.41, 5.74) is -3.03. The molecule has 0 saturated carbocycles. The quantitative estimate of drug-likeness (QED) is 0.603. The van der Waals surface area contributed by atoms with Crippen molar-refractivity contribution in [3.05, 3.63) is 64.5 Å². The Labute approximate surface area is 153 Å². The zero-order valence-electron chi connectivity index (χ0n) is 13.5. The molecule has 12 heteroatoms. The van der Waals surface area contributed by atoms with Crippen LogP contribution in [0, 0.1) is 0 Å². The monoisotopic (exact) mass is 401 g/mol. The van der Waals surface area contributed by atoms with Crippen LogP contribution in [0.1, 0.15) is 47.0 Å². The van der Waals surface area contributed by atoms with E-state index in [4.69, 9.17) is 20.4 Å². The molecular weight excluding hydrogens is 391 g/mol. The molecule has 2 rings (SSSR count). The fourth-order valence-electron chi connectivity index (χ4n) is 1.76. The highest BCUT2D eigenvalue weighted by Crippen LogP contribution is 2.30. The van der Waals surface area contributed by atoms with Crippen molar-refractivity contribution in [1.29, 1.82) is 0 Å². The van der Waals surface area contributed by atoms with Crippen LogP contribution >= 0.6 is 0 Å². The second-order valence-corrected chi connectivity index (χ2v) is 4.94. The Balaban J connectivity index is 0.000000292. The molecule has 0 bridgehead atoms. The van der Waals surface area contributed by atoms with Gasteiger partial charge in [0.1, 0.15) is 0 Å². The summed E-state index contributed by atoms with van der Waals surface area (Å²) in [4.78, 5) is 45.3. The average Bonchev–Trinajstić information content (AvgIpc) is 2.60. The largest absolute Gasteiger partial charge is 0.478 e. The van der Waals surface area contributed by atoms with Gasteiger partial charge >= 0.3 is 30.1 Å². The van der Waals surface area contributed by atoms with Crippen molar-refractivity contribution in [3.8, 4) is 0 Å². The third-order valence-corrected chi connectivity index (χ3v) is 3.04. The van der Waals surface area contributed by atoms with E-state index in [-0.39, 0.29) is 11.1 Å². The van der Waals surface area contributed by atoms with Crippen molar-refractivity contribution in [1.82, 2.24) is 4.98 Å². The lowest BCUT2D eigenvalue weighted by molar-refractivity contribution is -0.137. The molecule has 1 heterocycles. The predicted octanol–water partition coefficient (Wildman–Crippen LogP) is 2.58. The number of carboxylic acids is 4. The molecule has 1 aromatic heterocycles. The van der Waals surface area contributed by atoms with Gasteiger partial charge in [-0.15, -0.1) is 0 Å². The van der Waals surface area contributed by atoms with Crippen LogP contribution in [-0.4, -0.2) is 49.3 Å². The number of hydrogen-bond donors (Lipinski definition) is 4. The van der Waals surface area contributed by atoms with Gasteiger partial charge in [0.2, 0.25) is 0 Å². The molecule has 0 amide bonds. The van der Waals surface area contributed by atoms with Crippen molar-refractivity contribution in [2.45, 2.75) is 6.18 Å². The Hall–Kier alpha value is -3.96. The molecule has 0 radical (unpaired) electrons. The van der Waals surface area contributed by atoms with Gasteiger partial charge in [0.05, 0.1) is 27.8 Å². The van der Waals surface area contributed by atoms with Gasteiger partial charge in [-0.2, -0.15) is 13.2 Å². The summed E-state index contributed by atoms with van der Waals surface area (Å²) < 4.78 is 36.7. The highest BCUT2D eigenvalue weighted by Gasteiger charge is 2.32. The fraction of sp³-hybridized carbons (Fsp3) is 0.0625. The minimum atomic E-state index is -4.71. The molecular formula is C16H10F3NO8. The van der Waals surface area contributed by atoms with Gasteiger partial charge in [-0.3, -0.25) is 4.98 Å². The van der Waals surface area contributed by atoms with Crippen molar-refractivity contribution in [3.63, 3.8) is 0 Å². The number of nitrogens with zero attached hydrogens (tertiary/aromatic N) is 1. The van der Waals surface area contributed by atoms with E-state index < -0.39 is 46.7 Å². The molecule has 0 aliphatic heterocycles. The topological polar surface area (TPSA) is 162 Å². The van der Waals surface area contributed by atoms with Crippen LogP contribution in [0.3, 0.4) is 0 Å². The van der Waals surface area contributed by atoms with E-state index in [0.29, 0.717) is 18.2 Å². The third kappa shape index (κ3) is 5.79. The highest BCUT2D eigenvalue weighted by atomic mass is 19.4. The number of rotatable bonds is 4. The lowest BCUT2D eigenvalue weighted by atomic mass is 10.0. The molecule has 9 nitrogen and oxygen atoms in total. The standard InChI is InChI=1S/C9H5F3O4.C7H5NO4/c10-9(11,12)4-1-2-5(7(13)14)6(3-4)8(15)16;9-6(10)4-1-5(7(11)12)3-8-2-4/h1-3H,(H,13,14)(H,15,16);1-3H,(H,9,10)(H,11,12). The number of pyridine rings is 1. The predicted molar refractivity (Wildman–Crippen MR) is 83.5 cm³/mol. The van der Waals surface area contributed by atoms with Gasteiger partial charge in [0, 0.05) is 12.4 Å². The van der Waals surface area contributed by atoms with E-state index in [1.54, 1.807) is 0 Å². The Kier molecular flexibility index (Phi) is 6.80. The zero-order valence-corrected chi connectivity index (χ0v) is 13.5. The zero-order chi connectivity index (χ0) is 21.6. The maximum absolute atomic E-state index is 12.2. The van der Waals surface area contributed by atoms with Crippen molar-refractivity contribution < 1.29 is 52.8 Å². The number of halogens is 3. The van der Waals surface area contributed by atoms with Gasteiger partial charge < -0.3 is 20.4 Å². The van der Waals surface area contributed by atoms with Gasteiger partial charge in [-0.05, 0) is 24.3 Å². The number of benzene rings is 1. The first kappa shape index (κ1) is 22.1. The molecule has 0 aliphatic carbocycles. The van der Waals surface area contributed by atoms with Gasteiger partial charge in [-0.1, -0.05) is 0 Å². The first-order valence-corrected chi connectivity index (χ1v) is 6.94. The summed E-state index contributed by atoms with van der Waals surface area (Å²) in [6.45, 7) is 0. The van der Waals surface area contributed by atoms with E-state index in [1.807, 2.05) is 0 Å². The Bertz CT molecular complexity index is 910. The Morgan fingerprint density at radius 1 is 0.714 bits per heavy atom. The summed E-state index contributed by atoms with van der Waals surface area (Å²) in [5, 5.41) is 34.1. The SMILES string of the molecule is O=C(O)c1ccc(C(F)(F)F)cc1C(=O)O.O=C(O)c1cncc(C(=O)O)c1. The van der Waals surface area contributed by atoms with E-state index >= 15 is 0 Å². The number of aromatic nitrogens is 1. The van der Waals surface area contributed by atoms with E-state index in [9.17, 15) is 32.3 Å². The molecule has 0 spiro atoms. The minimum Gasteiger partial charge on any atom is -0.478 e. The summed E-state index contributed by atoms with van der Waals surface area (Å²) in [7, 11) is 0. The normalized spacial score (nSPS) is 10.4. The van der Waals surface area contributed by atoms with Crippen LogP contribution in [0.5, 0.6) is 0 Å². The fourth-order valence-corrected chi connectivity index (χ4v) is 1.76. The Morgan fingerprint density at radius 3 is 1.54 bits per heavy atom. The summed E-state index contributed by atoms with van der Waals surface area (Å²) in [6, 6.07) is 2.49. The van der Waals surface area contributed by atoms with Crippen LogP contribution < -0.4 is 0 Å². The smallest absolute Gasteiger partial charge is 0.416 e. The van der Waals surface area contributed by atoms with Gasteiger partial charge in [0.25, 0.3) is 0 Å². The molecule has 28 heavy (non-hydrogen) atoms. The summed E-state index contributed by atoms with van der Waals surface area (Å²) in [5.74, 6) is -5.69. The van der Waals surface area contributed by atoms with Crippen molar-refractivity contribution in [2.75, 3.05) is 0 Å². The maximum atomic E-state index is 12.2. The lowest BCUT2D eigenvalue weighted by Gasteiger charge is -2.08. The maximum Gasteiger partial charge on any atom is 0.416 e. The molecule has 148 valence electrons. The van der Waals surface area contributed by atoms with Crippen LogP contribution in [0.2, 0.25) is 0 Å². The van der Waals surface area contributed by atoms with E-state index in [1.165, 1.54) is 0 Å². The lowest BCUT2D eigenvalue weighted by Crippen LogP contribution is -2.12. The van der Waals surface area contributed by atoms with Crippen LogP contribution in [-0.2, 0) is 6.18 Å². The molecule has 0 atom stereocenters. The second kappa shape index (κ2) is 8.62.